The summed E-state index contributed by atoms with van der Waals surface area (Å²) in [7, 11) is 5.66. The van der Waals surface area contributed by atoms with E-state index in [1.807, 2.05) is 63.2 Å². The number of rotatable bonds is 15. The number of hydrogen-bond donors (Lipinski definition) is 4. The van der Waals surface area contributed by atoms with Crippen LogP contribution < -0.4 is 20.9 Å². The van der Waals surface area contributed by atoms with Crippen LogP contribution in [-0.4, -0.2) is 220 Å². The number of piperazine rings is 1. The fourth-order valence-corrected chi connectivity index (χ4v) is 13.2. The fraction of sp³-hybridized carbons (Fsp3) is 0.620. The van der Waals surface area contributed by atoms with E-state index in [0.717, 1.165) is 21.8 Å². The summed E-state index contributed by atoms with van der Waals surface area (Å²) in [4.78, 5) is 164. The third-order valence-electron chi connectivity index (χ3n) is 19.0. The molecule has 0 saturated carbocycles. The van der Waals surface area contributed by atoms with Crippen molar-refractivity contribution in [1.29, 1.82) is 0 Å². The Bertz CT molecular complexity index is 3150. The summed E-state index contributed by atoms with van der Waals surface area (Å²) in [6.45, 7) is 24.6. The number of esters is 1. The molecule has 516 valence electrons. The third kappa shape index (κ3) is 18.3. The average molecular weight is 1300 g/mol. The Labute approximate surface area is 556 Å². The third-order valence-corrected chi connectivity index (χ3v) is 19.0. The molecule has 4 N–H and O–H groups in total. The van der Waals surface area contributed by atoms with Crippen molar-refractivity contribution in [3.05, 3.63) is 84.1 Å². The normalized spacial score (nSPS) is 25.1. The number of hydrogen-bond acceptors (Lipinski definition) is 14. The second-order valence-corrected chi connectivity index (χ2v) is 27.8. The van der Waals surface area contributed by atoms with E-state index >= 15 is 28.8 Å². The summed E-state index contributed by atoms with van der Waals surface area (Å²) >= 11 is 0. The van der Waals surface area contributed by atoms with Crippen LogP contribution in [0.25, 0.3) is 11.1 Å². The topological polar surface area (TPSA) is 272 Å². The van der Waals surface area contributed by atoms with E-state index in [4.69, 9.17) is 9.72 Å². The highest BCUT2D eigenvalue weighted by atomic mass is 16.6. The number of amides is 9. The number of carbonyl (C=O) groups is 10. The van der Waals surface area contributed by atoms with E-state index in [1.165, 1.54) is 61.6 Å². The van der Waals surface area contributed by atoms with E-state index in [1.54, 1.807) is 90.8 Å². The van der Waals surface area contributed by atoms with Gasteiger partial charge in [-0.1, -0.05) is 130 Å². The lowest BCUT2D eigenvalue weighted by atomic mass is 9.93. The molecular formula is C71H105N11O12. The minimum atomic E-state index is -1.99. The van der Waals surface area contributed by atoms with Crippen molar-refractivity contribution in [3.63, 3.8) is 0 Å². The molecule has 23 heteroatoms. The van der Waals surface area contributed by atoms with E-state index in [2.05, 4.69) is 20.9 Å². The van der Waals surface area contributed by atoms with Crippen LogP contribution in [0.5, 0.6) is 0 Å². The Morgan fingerprint density at radius 1 is 0.617 bits per heavy atom. The Balaban J connectivity index is 1.50. The molecule has 0 bridgehead atoms. The van der Waals surface area contributed by atoms with E-state index < -0.39 is 137 Å². The van der Waals surface area contributed by atoms with Crippen molar-refractivity contribution in [1.82, 2.24) is 50.3 Å². The van der Waals surface area contributed by atoms with Gasteiger partial charge in [-0.25, -0.2) is 9.78 Å². The maximum Gasteiger partial charge on any atom is 0.332 e. The molecule has 1 aromatic heterocycles. The minimum absolute atomic E-state index is 0.0278. The lowest BCUT2D eigenvalue weighted by Gasteiger charge is -2.39. The van der Waals surface area contributed by atoms with Crippen LogP contribution in [-0.2, 0) is 65.5 Å². The van der Waals surface area contributed by atoms with Crippen molar-refractivity contribution < 1.29 is 57.8 Å². The molecule has 11 atom stereocenters. The summed E-state index contributed by atoms with van der Waals surface area (Å²) in [6, 6.07) is 9.98. The number of aromatic nitrogens is 1. The van der Waals surface area contributed by atoms with Crippen LogP contribution in [0.15, 0.2) is 72.9 Å². The highest BCUT2D eigenvalue weighted by Gasteiger charge is 2.48. The summed E-state index contributed by atoms with van der Waals surface area (Å²) < 4.78 is 6.15. The quantitative estimate of drug-likeness (QED) is 0.144. The zero-order valence-corrected chi connectivity index (χ0v) is 58.5. The van der Waals surface area contributed by atoms with Gasteiger partial charge in [0.25, 0.3) is 5.91 Å². The number of nitrogens with one attached hydrogen (secondary N) is 3. The average Bonchev–Trinajstić information content (AvgIpc) is 1.21. The summed E-state index contributed by atoms with van der Waals surface area (Å²) in [5.41, 5.74) is 0.889. The predicted octanol–water partition coefficient (Wildman–Crippen LogP) is 5.10. The van der Waals surface area contributed by atoms with Gasteiger partial charge in [0.2, 0.25) is 47.3 Å². The first-order valence-electron chi connectivity index (χ1n) is 33.5. The maximum absolute atomic E-state index is 15.8. The number of cyclic esters (lactones) is 1. The molecule has 6 rings (SSSR count). The minimum Gasteiger partial charge on any atom is -0.450 e. The van der Waals surface area contributed by atoms with E-state index in [9.17, 15) is 24.3 Å². The second kappa shape index (κ2) is 32.9. The van der Waals surface area contributed by atoms with Crippen LogP contribution in [0.1, 0.15) is 133 Å². The van der Waals surface area contributed by atoms with Crippen LogP contribution in [0.3, 0.4) is 0 Å². The largest absolute Gasteiger partial charge is 0.450 e. The number of fused-ring (bicyclic) bond motifs is 1. The monoisotopic (exact) mass is 1300 g/mol. The van der Waals surface area contributed by atoms with Gasteiger partial charge in [-0.05, 0) is 92.0 Å². The lowest BCUT2D eigenvalue weighted by molar-refractivity contribution is -0.177. The molecule has 0 unspecified atom stereocenters. The number of pyridine rings is 1. The molecule has 3 aromatic rings. The van der Waals surface area contributed by atoms with Crippen molar-refractivity contribution in [2.75, 3.05) is 65.8 Å². The first-order chi connectivity index (χ1) is 44.2. The Morgan fingerprint density at radius 2 is 1.19 bits per heavy atom. The molecule has 4 heterocycles. The van der Waals surface area contributed by atoms with Gasteiger partial charge < -0.3 is 60.1 Å². The smallest absolute Gasteiger partial charge is 0.332 e. The SMILES string of the molecule is CC[C@H](C)[C@@H]1NC(=O)[C@@H]2CCCN2C(=O)[C@H](Cc2cccc(-c3ccc(N4CCN(C(C)=O)CC4)nc3)c2)N(C)C(=O)[C@H](Cc2ccccc2)NC(=O)[C@H](C(C)C)N(C)C(=O)[C@@H]([C@@H](C)CC)OC(=O)[C@H](C(C)(C)O)N(C)C(=O)[C@H](CC(C)C)NC(=O)[C@H](C(C)C)N(C)C1=O. The molecule has 9 amide bonds. The number of ether oxygens (including phenoxy) is 1. The number of anilines is 1. The number of likely N-dealkylation sites (N-methyl/N-ethyl adjacent to an activating group) is 4. The van der Waals surface area contributed by atoms with E-state index in [-0.39, 0.29) is 44.1 Å². The van der Waals surface area contributed by atoms with Gasteiger partial charge in [-0.3, -0.25) is 43.2 Å². The van der Waals surface area contributed by atoms with Gasteiger partial charge in [-0.2, -0.15) is 0 Å². The molecule has 3 aliphatic rings. The molecular weight excluding hydrogens is 1200 g/mol. The first kappa shape index (κ1) is 75.1. The van der Waals surface area contributed by atoms with Crippen LogP contribution >= 0.6 is 0 Å². The van der Waals surface area contributed by atoms with Crippen molar-refractivity contribution in [2.24, 2.45) is 29.6 Å². The predicted molar refractivity (Wildman–Crippen MR) is 359 cm³/mol. The standard InChI is InChI=1S/C71H105N11O12/c1-18-45(9)57-68(90)77(15)58(43(5)6)63(85)73-52(37-42(3)4)66(88)79(17)61(71(12,13)93)70(92)94-60(46(10)19-2)69(91)78(16)59(44(7)8)64(86)74-53(39-48-25-21-20-22-26-48)65(87)76(14)55(67(89)82-32-24-29-54(82)62(84)75-57)40-49-27-23-28-50(38-49)51-30-31-56(72-41-51)81-35-33-80(34-36-81)47(11)83/h20-23,25-28,30-31,38,41-46,52-55,57-61,93H,18-19,24,29,32-37,39-40H2,1-17H3,(H,73,85)(H,74,86)(H,75,84)/t45-,46-,52-,53-,54-,55-,57-,58-,59-,60+,61+/m0/s1. The van der Waals surface area contributed by atoms with Crippen molar-refractivity contribution in [2.45, 2.75) is 195 Å². The van der Waals surface area contributed by atoms with Gasteiger partial charge in [0.05, 0.1) is 5.60 Å². The molecule has 3 aliphatic heterocycles. The van der Waals surface area contributed by atoms with Crippen LogP contribution in [0.4, 0.5) is 5.82 Å². The van der Waals surface area contributed by atoms with Crippen molar-refractivity contribution >= 4 is 65.0 Å². The summed E-state index contributed by atoms with van der Waals surface area (Å²) in [5, 5.41) is 20.7. The summed E-state index contributed by atoms with van der Waals surface area (Å²) in [5.74, 6) is -8.23. The molecule has 3 fully saturated rings. The highest BCUT2D eigenvalue weighted by Crippen LogP contribution is 2.30. The van der Waals surface area contributed by atoms with Gasteiger partial charge in [0.1, 0.15) is 48.1 Å². The number of aliphatic hydroxyl groups is 1. The Kier molecular flexibility index (Phi) is 26.3. The Morgan fingerprint density at radius 3 is 1.73 bits per heavy atom. The lowest BCUT2D eigenvalue weighted by Crippen LogP contribution is -2.63. The zero-order valence-electron chi connectivity index (χ0n) is 58.5. The number of benzene rings is 2. The molecule has 23 nitrogen and oxygen atoms in total. The van der Waals surface area contributed by atoms with Crippen molar-refractivity contribution in [3.8, 4) is 11.1 Å². The molecule has 2 aromatic carbocycles. The number of carbonyl (C=O) groups excluding carboxylic acids is 10. The molecule has 0 aliphatic carbocycles. The fourth-order valence-electron chi connectivity index (χ4n) is 13.2. The summed E-state index contributed by atoms with van der Waals surface area (Å²) in [6.07, 6.45) is 1.55. The van der Waals surface area contributed by atoms with Gasteiger partial charge in [0, 0.05) is 98.4 Å². The van der Waals surface area contributed by atoms with Gasteiger partial charge in [0.15, 0.2) is 12.1 Å². The highest BCUT2D eigenvalue weighted by molar-refractivity contribution is 5.99. The second-order valence-electron chi connectivity index (χ2n) is 27.8. The van der Waals surface area contributed by atoms with Crippen LogP contribution in [0.2, 0.25) is 0 Å². The molecule has 0 spiro atoms. The Hall–Kier alpha value is -7.95. The maximum atomic E-state index is 15.8. The number of nitrogens with zero attached hydrogens (tertiary/aromatic N) is 8. The molecule has 3 saturated heterocycles. The van der Waals surface area contributed by atoms with Gasteiger partial charge in [-0.15, -0.1) is 0 Å². The first-order valence-corrected chi connectivity index (χ1v) is 33.5. The van der Waals surface area contributed by atoms with Crippen LogP contribution in [0, 0.1) is 29.6 Å². The molecule has 94 heavy (non-hydrogen) atoms. The zero-order chi connectivity index (χ0) is 69.8. The van der Waals surface area contributed by atoms with Gasteiger partial charge >= 0.3 is 5.97 Å². The molecule has 0 radical (unpaired) electrons. The van der Waals surface area contributed by atoms with E-state index in [0.29, 0.717) is 56.6 Å².